The average molecular weight is 488 g/mol. The number of hydrogen-bond acceptors (Lipinski definition) is 4. The van der Waals surface area contributed by atoms with E-state index in [2.05, 4.69) is 53.4 Å². The van der Waals surface area contributed by atoms with E-state index < -0.39 is 5.60 Å². The number of benzene rings is 3. The van der Waals surface area contributed by atoms with Crippen molar-refractivity contribution < 1.29 is 9.53 Å². The number of carbonyl (C=O) groups is 1. The van der Waals surface area contributed by atoms with E-state index in [9.17, 15) is 4.79 Å². The van der Waals surface area contributed by atoms with Crippen molar-refractivity contribution in [3.8, 4) is 16.9 Å². The molecule has 1 aromatic heterocycles. The zero-order valence-electron chi connectivity index (χ0n) is 20.4. The van der Waals surface area contributed by atoms with Crippen LogP contribution in [0.1, 0.15) is 33.6 Å². The molecule has 180 valence electrons. The summed E-state index contributed by atoms with van der Waals surface area (Å²) < 4.78 is 7.58. The van der Waals surface area contributed by atoms with Gasteiger partial charge >= 0.3 is 5.97 Å². The van der Waals surface area contributed by atoms with E-state index in [0.717, 1.165) is 48.7 Å². The summed E-state index contributed by atoms with van der Waals surface area (Å²) >= 11 is 6.32. The van der Waals surface area contributed by atoms with Crippen LogP contribution in [0.4, 0.5) is 5.82 Å². The smallest absolute Gasteiger partial charge is 0.309 e. The summed E-state index contributed by atoms with van der Waals surface area (Å²) in [5, 5.41) is 8.05. The lowest BCUT2D eigenvalue weighted by molar-refractivity contribution is -0.160. The Kier molecular flexibility index (Phi) is 6.28. The van der Waals surface area contributed by atoms with Crippen LogP contribution in [0.15, 0.2) is 72.8 Å². The van der Waals surface area contributed by atoms with Crippen molar-refractivity contribution in [2.24, 2.45) is 5.92 Å². The maximum absolute atomic E-state index is 12.6. The van der Waals surface area contributed by atoms with Gasteiger partial charge in [0.2, 0.25) is 0 Å². The first kappa shape index (κ1) is 23.4. The summed E-state index contributed by atoms with van der Waals surface area (Å²) in [5.74, 6) is 0.731. The van der Waals surface area contributed by atoms with Gasteiger partial charge in [-0.3, -0.25) is 4.79 Å². The molecule has 0 radical (unpaired) electrons. The maximum Gasteiger partial charge on any atom is 0.309 e. The Morgan fingerprint density at radius 3 is 2.40 bits per heavy atom. The number of hydrogen-bond donors (Lipinski definition) is 0. The maximum atomic E-state index is 12.6. The molecule has 0 saturated carbocycles. The van der Waals surface area contributed by atoms with Crippen molar-refractivity contribution in [1.82, 2.24) is 9.78 Å². The van der Waals surface area contributed by atoms with E-state index in [1.54, 1.807) is 0 Å². The number of nitrogens with zero attached hydrogens (tertiary/aromatic N) is 3. The molecule has 5 rings (SSSR count). The Hall–Kier alpha value is -3.31. The van der Waals surface area contributed by atoms with Crippen molar-refractivity contribution in [3.63, 3.8) is 0 Å². The minimum absolute atomic E-state index is 0.0690. The molecule has 0 amide bonds. The molecule has 1 saturated heterocycles. The Labute approximate surface area is 211 Å². The van der Waals surface area contributed by atoms with Crippen LogP contribution < -0.4 is 4.90 Å². The molecule has 3 aromatic carbocycles. The topological polar surface area (TPSA) is 47.4 Å². The molecule has 5 nitrogen and oxygen atoms in total. The van der Waals surface area contributed by atoms with Crippen LogP contribution in [0.25, 0.3) is 27.7 Å². The fraction of sp³-hybridized carbons (Fsp3) is 0.310. The summed E-state index contributed by atoms with van der Waals surface area (Å²) in [6, 6.07) is 24.7. The molecular weight excluding hydrogens is 458 g/mol. The molecule has 0 unspecified atom stereocenters. The predicted molar refractivity (Wildman–Crippen MR) is 142 cm³/mol. The van der Waals surface area contributed by atoms with Crippen molar-refractivity contribution in [3.05, 3.63) is 77.8 Å². The van der Waals surface area contributed by atoms with Gasteiger partial charge in [0.15, 0.2) is 5.82 Å². The molecule has 1 aliphatic rings. The van der Waals surface area contributed by atoms with Gasteiger partial charge in [-0.25, -0.2) is 4.68 Å². The summed E-state index contributed by atoms with van der Waals surface area (Å²) in [5.41, 5.74) is 2.54. The third kappa shape index (κ3) is 5.20. The molecule has 6 heteroatoms. The first-order valence-corrected chi connectivity index (χ1v) is 12.5. The average Bonchev–Trinajstić information content (AvgIpc) is 3.28. The highest BCUT2D eigenvalue weighted by atomic mass is 35.5. The highest BCUT2D eigenvalue weighted by molar-refractivity contribution is 6.30. The van der Waals surface area contributed by atoms with Gasteiger partial charge in [0.05, 0.1) is 17.3 Å². The number of carbonyl (C=O) groups excluding carboxylic acids is 1. The lowest BCUT2D eigenvalue weighted by Crippen LogP contribution is -2.39. The second-order valence-electron chi connectivity index (χ2n) is 10.1. The lowest BCUT2D eigenvalue weighted by Gasteiger charge is -2.32. The van der Waals surface area contributed by atoms with Crippen LogP contribution in [-0.2, 0) is 9.53 Å². The van der Waals surface area contributed by atoms with Crippen LogP contribution in [0.3, 0.4) is 0 Å². The minimum Gasteiger partial charge on any atom is -0.460 e. The number of rotatable bonds is 4. The van der Waals surface area contributed by atoms with Crippen molar-refractivity contribution >= 4 is 34.2 Å². The Bertz CT molecular complexity index is 1360. The number of piperidine rings is 1. The second kappa shape index (κ2) is 9.38. The number of anilines is 1. The van der Waals surface area contributed by atoms with E-state index >= 15 is 0 Å². The fourth-order valence-corrected chi connectivity index (χ4v) is 4.80. The van der Waals surface area contributed by atoms with Gasteiger partial charge in [-0.1, -0.05) is 54.1 Å². The normalized spacial score (nSPS) is 14.9. The second-order valence-corrected chi connectivity index (χ2v) is 10.6. The van der Waals surface area contributed by atoms with Gasteiger partial charge in [0.1, 0.15) is 5.60 Å². The zero-order chi connectivity index (χ0) is 24.6. The van der Waals surface area contributed by atoms with E-state index in [1.807, 2.05) is 49.7 Å². The number of fused-ring (bicyclic) bond motifs is 1. The number of halogens is 1. The summed E-state index contributed by atoms with van der Waals surface area (Å²) in [7, 11) is 0. The van der Waals surface area contributed by atoms with Gasteiger partial charge in [-0.2, -0.15) is 0 Å². The van der Waals surface area contributed by atoms with E-state index in [-0.39, 0.29) is 11.9 Å². The molecule has 1 fully saturated rings. The molecule has 35 heavy (non-hydrogen) atoms. The molecule has 0 spiro atoms. The van der Waals surface area contributed by atoms with Crippen molar-refractivity contribution in [2.45, 2.75) is 39.2 Å². The standard InChI is InChI=1S/C29H30ClN3O2/c1-29(2,3)35-28(34)21-13-15-32(16-14-21)27-19-26(33(31-27)25-10-6-9-24(30)18-25)23-12-11-20-7-4-5-8-22(20)17-23/h4-12,17-19,21H,13-16H2,1-3H3. The molecule has 0 atom stereocenters. The van der Waals surface area contributed by atoms with Crippen molar-refractivity contribution in [2.75, 3.05) is 18.0 Å². The van der Waals surface area contributed by atoms with Crippen LogP contribution >= 0.6 is 11.6 Å². The fourth-order valence-electron chi connectivity index (χ4n) is 4.61. The summed E-state index contributed by atoms with van der Waals surface area (Å²) in [6.45, 7) is 7.26. The summed E-state index contributed by atoms with van der Waals surface area (Å²) in [6.07, 6.45) is 1.51. The van der Waals surface area contributed by atoms with Crippen molar-refractivity contribution in [1.29, 1.82) is 0 Å². The largest absolute Gasteiger partial charge is 0.460 e. The molecular formula is C29H30ClN3O2. The SMILES string of the molecule is CC(C)(C)OC(=O)C1CCN(c2cc(-c3ccc4ccccc4c3)n(-c3cccc(Cl)c3)n2)CC1. The molecule has 4 aromatic rings. The molecule has 2 heterocycles. The molecule has 0 N–H and O–H groups in total. The number of aromatic nitrogens is 2. The van der Waals surface area contributed by atoms with Gasteiger partial charge < -0.3 is 9.64 Å². The molecule has 1 aliphatic heterocycles. The van der Waals surface area contributed by atoms with Gasteiger partial charge in [-0.15, -0.1) is 5.10 Å². The number of esters is 1. The quantitative estimate of drug-likeness (QED) is 0.293. The lowest BCUT2D eigenvalue weighted by atomic mass is 9.96. The zero-order valence-corrected chi connectivity index (χ0v) is 21.1. The Morgan fingerprint density at radius 2 is 1.69 bits per heavy atom. The minimum atomic E-state index is -0.460. The first-order valence-electron chi connectivity index (χ1n) is 12.1. The van der Waals surface area contributed by atoms with E-state index in [4.69, 9.17) is 21.4 Å². The van der Waals surface area contributed by atoms with Gasteiger partial charge in [0, 0.05) is 29.7 Å². The van der Waals surface area contributed by atoms with Crippen LogP contribution in [-0.4, -0.2) is 34.4 Å². The van der Waals surface area contributed by atoms with Gasteiger partial charge in [0.25, 0.3) is 0 Å². The highest BCUT2D eigenvalue weighted by Gasteiger charge is 2.30. The Morgan fingerprint density at radius 1 is 0.943 bits per heavy atom. The van der Waals surface area contributed by atoms with Crippen LogP contribution in [0.5, 0.6) is 0 Å². The molecule has 0 bridgehead atoms. The highest BCUT2D eigenvalue weighted by Crippen LogP contribution is 2.32. The van der Waals surface area contributed by atoms with Gasteiger partial charge in [-0.05, 0) is 68.7 Å². The third-order valence-corrected chi connectivity index (χ3v) is 6.59. The predicted octanol–water partition coefficient (Wildman–Crippen LogP) is 6.90. The number of ether oxygens (including phenoxy) is 1. The van der Waals surface area contributed by atoms with Crippen LogP contribution in [0.2, 0.25) is 5.02 Å². The first-order chi connectivity index (χ1) is 16.8. The van der Waals surface area contributed by atoms with Crippen LogP contribution in [0, 0.1) is 5.92 Å². The Balaban J connectivity index is 1.46. The molecule has 0 aliphatic carbocycles. The third-order valence-electron chi connectivity index (χ3n) is 6.35. The summed E-state index contributed by atoms with van der Waals surface area (Å²) in [4.78, 5) is 14.8. The monoisotopic (exact) mass is 487 g/mol. The van der Waals surface area contributed by atoms with E-state index in [1.165, 1.54) is 10.8 Å². The van der Waals surface area contributed by atoms with E-state index in [0.29, 0.717) is 5.02 Å².